The summed E-state index contributed by atoms with van der Waals surface area (Å²) in [5.41, 5.74) is 2.59. The largest absolute Gasteiger partial charge is 0.493 e. The van der Waals surface area contributed by atoms with Crippen LogP contribution in [0.4, 0.5) is 5.13 Å². The van der Waals surface area contributed by atoms with Crippen LogP contribution in [-0.2, 0) is 22.4 Å². The van der Waals surface area contributed by atoms with E-state index in [1.54, 1.807) is 0 Å². The fourth-order valence-electron chi connectivity index (χ4n) is 2.85. The topological polar surface area (TPSA) is 77.5 Å². The van der Waals surface area contributed by atoms with Crippen molar-refractivity contribution in [2.75, 3.05) is 19.0 Å². The Bertz CT molecular complexity index is 829. The quantitative estimate of drug-likeness (QED) is 0.782. The predicted octanol–water partition coefficient (Wildman–Crippen LogP) is 3.56. The third-order valence-corrected chi connectivity index (χ3v) is 5.47. The van der Waals surface area contributed by atoms with Crippen molar-refractivity contribution in [1.82, 2.24) is 4.98 Å². The summed E-state index contributed by atoms with van der Waals surface area (Å²) in [7, 11) is 1.33. The van der Waals surface area contributed by atoms with E-state index in [0.29, 0.717) is 18.0 Å². The van der Waals surface area contributed by atoms with Crippen molar-refractivity contribution < 1.29 is 19.1 Å². The molecule has 0 radical (unpaired) electrons. The van der Waals surface area contributed by atoms with Gasteiger partial charge in [0.15, 0.2) is 10.8 Å². The number of thiazole rings is 1. The van der Waals surface area contributed by atoms with E-state index in [2.05, 4.69) is 16.4 Å². The summed E-state index contributed by atoms with van der Waals surface area (Å²) in [5, 5.41) is 3.23. The Morgan fingerprint density at radius 3 is 2.92 bits per heavy atom. The molecular weight excluding hydrogens is 352 g/mol. The Morgan fingerprint density at radius 1 is 1.38 bits per heavy atom. The number of carbonyl (C=O) groups is 2. The first-order valence-corrected chi connectivity index (χ1v) is 9.43. The van der Waals surface area contributed by atoms with Crippen LogP contribution in [0.15, 0.2) is 18.2 Å². The zero-order chi connectivity index (χ0) is 18.7. The number of carbonyl (C=O) groups excluding carboxylic acids is 2. The van der Waals surface area contributed by atoms with Gasteiger partial charge in [-0.1, -0.05) is 26.0 Å². The van der Waals surface area contributed by atoms with Gasteiger partial charge in [0.2, 0.25) is 5.91 Å². The van der Waals surface area contributed by atoms with E-state index >= 15 is 0 Å². The minimum absolute atomic E-state index is 0.123. The molecule has 1 aliphatic rings. The van der Waals surface area contributed by atoms with Gasteiger partial charge in [-0.3, -0.25) is 4.79 Å². The van der Waals surface area contributed by atoms with Crippen LogP contribution in [0.3, 0.4) is 0 Å². The summed E-state index contributed by atoms with van der Waals surface area (Å²) < 4.78 is 10.3. The molecule has 0 saturated heterocycles. The van der Waals surface area contributed by atoms with E-state index in [-0.39, 0.29) is 17.5 Å². The molecule has 3 rings (SSSR count). The average molecular weight is 374 g/mol. The van der Waals surface area contributed by atoms with E-state index in [9.17, 15) is 9.59 Å². The first-order valence-electron chi connectivity index (χ1n) is 8.61. The number of ether oxygens (including phenoxy) is 2. The number of hydrogen-bond acceptors (Lipinski definition) is 6. The molecular formula is C19H22N2O4S. The maximum absolute atomic E-state index is 12.3. The lowest BCUT2D eigenvalue weighted by Crippen LogP contribution is -2.12. The first kappa shape index (κ1) is 18.4. The molecule has 0 saturated carbocycles. The molecule has 6 nitrogen and oxygen atoms in total. The zero-order valence-electron chi connectivity index (χ0n) is 15.1. The highest BCUT2D eigenvalue weighted by atomic mass is 32.1. The van der Waals surface area contributed by atoms with Crippen molar-refractivity contribution in [1.29, 1.82) is 0 Å². The number of benzene rings is 1. The van der Waals surface area contributed by atoms with Crippen LogP contribution in [0.2, 0.25) is 0 Å². The standard InChI is InChI=1S/C19H22N2O4S/c1-11(2)17-16(18(23)24-3)21-19(26-17)20-15(22)7-5-12-4-6-14-13(10-12)8-9-25-14/h4,6,10-11H,5,7-9H2,1-3H3,(H,20,21,22). The summed E-state index contributed by atoms with van der Waals surface area (Å²) in [5.74, 6) is 0.464. The molecule has 1 aromatic heterocycles. The van der Waals surface area contributed by atoms with Crippen molar-refractivity contribution >= 4 is 28.3 Å². The molecule has 2 heterocycles. The predicted molar refractivity (Wildman–Crippen MR) is 100 cm³/mol. The smallest absolute Gasteiger partial charge is 0.357 e. The number of esters is 1. The van der Waals surface area contributed by atoms with Gasteiger partial charge in [-0.2, -0.15) is 0 Å². The lowest BCUT2D eigenvalue weighted by molar-refractivity contribution is -0.116. The van der Waals surface area contributed by atoms with E-state index in [1.807, 2.05) is 26.0 Å². The molecule has 0 atom stereocenters. The molecule has 26 heavy (non-hydrogen) atoms. The Hall–Kier alpha value is -2.41. The van der Waals surface area contributed by atoms with Gasteiger partial charge in [0, 0.05) is 17.7 Å². The van der Waals surface area contributed by atoms with E-state index in [0.717, 1.165) is 29.2 Å². The number of rotatable bonds is 6. The molecule has 138 valence electrons. The number of amides is 1. The SMILES string of the molecule is COC(=O)c1nc(NC(=O)CCc2ccc3c(c2)CCO3)sc1C(C)C. The van der Waals surface area contributed by atoms with Gasteiger partial charge in [0.05, 0.1) is 13.7 Å². The Kier molecular flexibility index (Phi) is 5.56. The van der Waals surface area contributed by atoms with E-state index in [4.69, 9.17) is 9.47 Å². The van der Waals surface area contributed by atoms with Crippen molar-refractivity contribution in [3.8, 4) is 5.75 Å². The monoisotopic (exact) mass is 374 g/mol. The van der Waals surface area contributed by atoms with Crippen LogP contribution < -0.4 is 10.1 Å². The van der Waals surface area contributed by atoms with Crippen LogP contribution in [-0.4, -0.2) is 30.6 Å². The molecule has 1 amide bonds. The molecule has 0 aliphatic carbocycles. The lowest BCUT2D eigenvalue weighted by Gasteiger charge is -2.04. The van der Waals surface area contributed by atoms with Crippen LogP contribution in [0.25, 0.3) is 0 Å². The summed E-state index contributed by atoms with van der Waals surface area (Å²) in [6.45, 7) is 4.68. The summed E-state index contributed by atoms with van der Waals surface area (Å²) in [6, 6.07) is 6.06. The van der Waals surface area contributed by atoms with Crippen molar-refractivity contribution in [2.45, 2.75) is 39.0 Å². The molecule has 0 unspecified atom stereocenters. The minimum atomic E-state index is -0.481. The third kappa shape index (κ3) is 4.04. The summed E-state index contributed by atoms with van der Waals surface area (Å²) >= 11 is 1.32. The zero-order valence-corrected chi connectivity index (χ0v) is 15.9. The average Bonchev–Trinajstić information content (AvgIpc) is 3.25. The number of nitrogens with zero attached hydrogens (tertiary/aromatic N) is 1. The van der Waals surface area contributed by atoms with Gasteiger partial charge >= 0.3 is 5.97 Å². The van der Waals surface area contributed by atoms with Gasteiger partial charge in [-0.25, -0.2) is 9.78 Å². The number of aryl methyl sites for hydroxylation is 1. The minimum Gasteiger partial charge on any atom is -0.493 e. The van der Waals surface area contributed by atoms with Crippen LogP contribution in [0.1, 0.15) is 52.7 Å². The van der Waals surface area contributed by atoms with E-state index in [1.165, 1.54) is 24.0 Å². The molecule has 1 aromatic carbocycles. The second-order valence-electron chi connectivity index (χ2n) is 6.47. The number of nitrogens with one attached hydrogen (secondary N) is 1. The molecule has 2 aromatic rings. The van der Waals surface area contributed by atoms with Gasteiger partial charge in [-0.15, -0.1) is 11.3 Å². The maximum Gasteiger partial charge on any atom is 0.357 e. The van der Waals surface area contributed by atoms with Gasteiger partial charge in [-0.05, 0) is 29.5 Å². The highest BCUT2D eigenvalue weighted by Gasteiger charge is 2.21. The Morgan fingerprint density at radius 2 is 2.19 bits per heavy atom. The normalized spacial score (nSPS) is 12.6. The highest BCUT2D eigenvalue weighted by molar-refractivity contribution is 7.16. The van der Waals surface area contributed by atoms with Gasteiger partial charge in [0.25, 0.3) is 0 Å². The van der Waals surface area contributed by atoms with Crippen LogP contribution >= 0.6 is 11.3 Å². The Balaban J connectivity index is 1.62. The van der Waals surface area contributed by atoms with Gasteiger partial charge in [0.1, 0.15) is 5.75 Å². The number of aromatic nitrogens is 1. The highest BCUT2D eigenvalue weighted by Crippen LogP contribution is 2.30. The maximum atomic E-state index is 12.3. The van der Waals surface area contributed by atoms with Crippen molar-refractivity contribution in [2.24, 2.45) is 0 Å². The number of fused-ring (bicyclic) bond motifs is 1. The second kappa shape index (κ2) is 7.86. The van der Waals surface area contributed by atoms with E-state index < -0.39 is 5.97 Å². The fourth-order valence-corrected chi connectivity index (χ4v) is 3.83. The Labute approximate surface area is 156 Å². The molecule has 1 aliphatic heterocycles. The fraction of sp³-hybridized carbons (Fsp3) is 0.421. The lowest BCUT2D eigenvalue weighted by atomic mass is 10.0. The number of methoxy groups -OCH3 is 1. The number of hydrogen-bond donors (Lipinski definition) is 1. The second-order valence-corrected chi connectivity index (χ2v) is 7.50. The molecule has 7 heteroatoms. The summed E-state index contributed by atoms with van der Waals surface area (Å²) in [4.78, 5) is 29.2. The molecule has 0 bridgehead atoms. The summed E-state index contributed by atoms with van der Waals surface area (Å²) in [6.07, 6.45) is 1.91. The molecule has 0 fully saturated rings. The molecule has 0 spiro atoms. The van der Waals surface area contributed by atoms with Crippen LogP contribution in [0, 0.1) is 0 Å². The third-order valence-electron chi connectivity index (χ3n) is 4.20. The van der Waals surface area contributed by atoms with Crippen LogP contribution in [0.5, 0.6) is 5.75 Å². The van der Waals surface area contributed by atoms with Gasteiger partial charge < -0.3 is 14.8 Å². The number of anilines is 1. The van der Waals surface area contributed by atoms with Crippen molar-refractivity contribution in [3.63, 3.8) is 0 Å². The van der Waals surface area contributed by atoms with Crippen molar-refractivity contribution in [3.05, 3.63) is 39.9 Å². The molecule has 1 N–H and O–H groups in total. The first-order chi connectivity index (χ1) is 12.5.